The van der Waals surface area contributed by atoms with Gasteiger partial charge in [0.1, 0.15) is 4.99 Å². The van der Waals surface area contributed by atoms with Gasteiger partial charge in [-0.25, -0.2) is 0 Å². The lowest BCUT2D eigenvalue weighted by molar-refractivity contribution is 0.231. The van der Waals surface area contributed by atoms with Crippen molar-refractivity contribution in [2.45, 2.75) is 18.9 Å². The van der Waals surface area contributed by atoms with Crippen LogP contribution in [0, 0.1) is 0 Å². The lowest BCUT2D eigenvalue weighted by atomic mass is 10.1. The van der Waals surface area contributed by atoms with Gasteiger partial charge in [0.05, 0.1) is 10.7 Å². The largest absolute Gasteiger partial charge is 0.389 e. The highest BCUT2D eigenvalue weighted by Crippen LogP contribution is 2.31. The van der Waals surface area contributed by atoms with Crippen LogP contribution in [0.4, 0.5) is 5.69 Å². The molecule has 0 amide bonds. The molecule has 1 unspecified atom stereocenters. The fourth-order valence-corrected chi connectivity index (χ4v) is 3.55. The molecule has 0 saturated carbocycles. The van der Waals surface area contributed by atoms with Crippen molar-refractivity contribution in [2.24, 2.45) is 5.73 Å². The number of halogens is 1. The Morgan fingerprint density at radius 3 is 2.89 bits per heavy atom. The normalized spacial score (nSPS) is 23.4. The lowest BCUT2D eigenvalue weighted by Crippen LogP contribution is -2.50. The zero-order valence-corrected chi connectivity index (χ0v) is 12.4. The third-order valence-electron chi connectivity index (χ3n) is 4.16. The average Bonchev–Trinajstić information content (AvgIpc) is 2.85. The topological polar surface area (TPSA) is 32.5 Å². The number of nitrogens with two attached hydrogens (primary N) is 1. The summed E-state index contributed by atoms with van der Waals surface area (Å²) in [5, 5.41) is 0.747. The van der Waals surface area contributed by atoms with E-state index in [9.17, 15) is 0 Å². The first kappa shape index (κ1) is 13.2. The monoisotopic (exact) mass is 295 g/mol. The molecule has 3 rings (SSSR count). The van der Waals surface area contributed by atoms with E-state index in [0.29, 0.717) is 11.0 Å². The van der Waals surface area contributed by atoms with Crippen molar-refractivity contribution in [1.82, 2.24) is 4.90 Å². The molecule has 0 bridgehead atoms. The summed E-state index contributed by atoms with van der Waals surface area (Å²) in [6.07, 6.45) is 2.63. The maximum Gasteiger partial charge on any atom is 0.104 e. The standard InChI is InChI=1S/C14H18ClN3S/c15-12-8-10(14(16)19)3-4-13(12)18-7-6-17-5-1-2-11(17)9-18/h3-4,8,11H,1-2,5-7,9H2,(H2,16,19). The summed E-state index contributed by atoms with van der Waals surface area (Å²) in [5.74, 6) is 0. The number of piperazine rings is 1. The van der Waals surface area contributed by atoms with Crippen LogP contribution >= 0.6 is 23.8 Å². The molecule has 0 aromatic heterocycles. The van der Waals surface area contributed by atoms with E-state index in [1.165, 1.54) is 19.4 Å². The fraction of sp³-hybridized carbons (Fsp3) is 0.500. The Morgan fingerprint density at radius 2 is 2.16 bits per heavy atom. The van der Waals surface area contributed by atoms with Crippen LogP contribution in [0.15, 0.2) is 18.2 Å². The minimum Gasteiger partial charge on any atom is -0.389 e. The molecule has 0 spiro atoms. The van der Waals surface area contributed by atoms with Gasteiger partial charge in [0.25, 0.3) is 0 Å². The summed E-state index contributed by atoms with van der Waals surface area (Å²) in [7, 11) is 0. The van der Waals surface area contributed by atoms with Crippen LogP contribution in [0.3, 0.4) is 0 Å². The summed E-state index contributed by atoms with van der Waals surface area (Å²) < 4.78 is 0. The van der Waals surface area contributed by atoms with Crippen molar-refractivity contribution in [2.75, 3.05) is 31.1 Å². The molecule has 5 heteroatoms. The first-order valence-corrected chi connectivity index (χ1v) is 7.52. The van der Waals surface area contributed by atoms with Crippen molar-refractivity contribution >= 4 is 34.5 Å². The molecule has 2 aliphatic heterocycles. The molecular weight excluding hydrogens is 278 g/mol. The Balaban J connectivity index is 1.80. The zero-order chi connectivity index (χ0) is 13.4. The summed E-state index contributed by atoms with van der Waals surface area (Å²) in [5.41, 5.74) is 7.57. The maximum atomic E-state index is 6.38. The van der Waals surface area contributed by atoms with E-state index < -0.39 is 0 Å². The minimum absolute atomic E-state index is 0.397. The van der Waals surface area contributed by atoms with Gasteiger partial charge in [-0.3, -0.25) is 4.90 Å². The molecule has 0 radical (unpaired) electrons. The second kappa shape index (κ2) is 5.27. The molecule has 1 aromatic rings. The molecular formula is C14H18ClN3S. The Hall–Kier alpha value is -0.840. The quantitative estimate of drug-likeness (QED) is 0.849. The fourth-order valence-electron chi connectivity index (χ4n) is 3.13. The zero-order valence-electron chi connectivity index (χ0n) is 10.8. The number of nitrogens with zero attached hydrogens (tertiary/aromatic N) is 2. The molecule has 19 heavy (non-hydrogen) atoms. The summed E-state index contributed by atoms with van der Waals surface area (Å²) >= 11 is 11.4. The first-order valence-electron chi connectivity index (χ1n) is 6.73. The van der Waals surface area contributed by atoms with Gasteiger partial charge >= 0.3 is 0 Å². The van der Waals surface area contributed by atoms with Crippen LogP contribution in [-0.2, 0) is 0 Å². The van der Waals surface area contributed by atoms with E-state index in [4.69, 9.17) is 29.6 Å². The predicted molar refractivity (Wildman–Crippen MR) is 84.1 cm³/mol. The number of fused-ring (bicyclic) bond motifs is 1. The first-order chi connectivity index (χ1) is 9.15. The van der Waals surface area contributed by atoms with E-state index >= 15 is 0 Å². The van der Waals surface area contributed by atoms with Crippen molar-refractivity contribution in [1.29, 1.82) is 0 Å². The van der Waals surface area contributed by atoms with Gasteiger partial charge in [-0.1, -0.05) is 23.8 Å². The van der Waals surface area contributed by atoms with E-state index in [1.54, 1.807) is 0 Å². The van der Waals surface area contributed by atoms with Gasteiger partial charge in [-0.2, -0.15) is 0 Å². The van der Waals surface area contributed by atoms with Crippen molar-refractivity contribution in [3.63, 3.8) is 0 Å². The summed E-state index contributed by atoms with van der Waals surface area (Å²) in [6, 6.07) is 6.58. The van der Waals surface area contributed by atoms with Gasteiger partial charge in [0.2, 0.25) is 0 Å². The summed E-state index contributed by atoms with van der Waals surface area (Å²) in [4.78, 5) is 5.38. The summed E-state index contributed by atoms with van der Waals surface area (Å²) in [6.45, 7) is 4.51. The maximum absolute atomic E-state index is 6.38. The van der Waals surface area contributed by atoms with E-state index in [0.717, 1.165) is 35.9 Å². The molecule has 2 saturated heterocycles. The Kier molecular flexibility index (Phi) is 3.65. The minimum atomic E-state index is 0.397. The van der Waals surface area contributed by atoms with Gasteiger partial charge in [-0.15, -0.1) is 0 Å². The number of rotatable bonds is 2. The van der Waals surface area contributed by atoms with Gasteiger partial charge in [-0.05, 0) is 37.6 Å². The van der Waals surface area contributed by atoms with Crippen LogP contribution < -0.4 is 10.6 Å². The van der Waals surface area contributed by atoms with E-state index in [1.807, 2.05) is 18.2 Å². The highest BCUT2D eigenvalue weighted by molar-refractivity contribution is 7.80. The van der Waals surface area contributed by atoms with Crippen LogP contribution in [0.5, 0.6) is 0 Å². The Labute approximate surface area is 124 Å². The highest BCUT2D eigenvalue weighted by Gasteiger charge is 2.31. The number of benzene rings is 1. The van der Waals surface area contributed by atoms with Crippen LogP contribution in [0.2, 0.25) is 5.02 Å². The van der Waals surface area contributed by atoms with E-state index in [-0.39, 0.29) is 0 Å². The van der Waals surface area contributed by atoms with Gasteiger partial charge in [0.15, 0.2) is 0 Å². The molecule has 1 aromatic carbocycles. The van der Waals surface area contributed by atoms with Crippen LogP contribution in [-0.4, -0.2) is 42.1 Å². The Bertz CT molecular complexity index is 505. The molecule has 3 nitrogen and oxygen atoms in total. The van der Waals surface area contributed by atoms with Crippen LogP contribution in [0.25, 0.3) is 0 Å². The number of thiocarbonyl (C=S) groups is 1. The second-order valence-corrected chi connectivity index (χ2v) is 6.16. The molecule has 2 fully saturated rings. The highest BCUT2D eigenvalue weighted by atomic mass is 35.5. The molecule has 1 atom stereocenters. The van der Waals surface area contributed by atoms with Gasteiger partial charge in [0, 0.05) is 31.2 Å². The smallest absolute Gasteiger partial charge is 0.104 e. The molecule has 2 N–H and O–H groups in total. The molecule has 102 valence electrons. The third kappa shape index (κ3) is 2.57. The van der Waals surface area contributed by atoms with Crippen molar-refractivity contribution < 1.29 is 0 Å². The van der Waals surface area contributed by atoms with Crippen molar-refractivity contribution in [3.8, 4) is 0 Å². The number of hydrogen-bond donors (Lipinski definition) is 1. The van der Waals surface area contributed by atoms with Gasteiger partial charge < -0.3 is 10.6 Å². The second-order valence-electron chi connectivity index (χ2n) is 5.31. The molecule has 2 aliphatic rings. The van der Waals surface area contributed by atoms with Crippen molar-refractivity contribution in [3.05, 3.63) is 28.8 Å². The van der Waals surface area contributed by atoms with E-state index in [2.05, 4.69) is 9.80 Å². The number of anilines is 1. The number of hydrogen-bond acceptors (Lipinski definition) is 3. The average molecular weight is 296 g/mol. The SMILES string of the molecule is NC(=S)c1ccc(N2CCN3CCCC3C2)c(Cl)c1. The predicted octanol–water partition coefficient (Wildman–Crippen LogP) is 2.26. The third-order valence-corrected chi connectivity index (χ3v) is 4.70. The molecule has 2 heterocycles. The lowest BCUT2D eigenvalue weighted by Gasteiger charge is -2.39. The van der Waals surface area contributed by atoms with Crippen LogP contribution in [0.1, 0.15) is 18.4 Å². The molecule has 0 aliphatic carbocycles. The Morgan fingerprint density at radius 1 is 1.32 bits per heavy atom.